The second-order valence-corrected chi connectivity index (χ2v) is 5.08. The van der Waals surface area contributed by atoms with Crippen LogP contribution in [-0.4, -0.2) is 40.9 Å². The monoisotopic (exact) mass is 298 g/mol. The first-order valence-electron chi connectivity index (χ1n) is 7.52. The van der Waals surface area contributed by atoms with E-state index in [-0.39, 0.29) is 5.91 Å². The molecule has 0 atom stereocenters. The maximum Gasteiger partial charge on any atom is 0.272 e. The van der Waals surface area contributed by atoms with Crippen LogP contribution in [-0.2, 0) is 6.54 Å². The number of carbonyl (C=O) groups excluding carboxylic acids is 1. The van der Waals surface area contributed by atoms with Crippen LogP contribution >= 0.6 is 0 Å². The minimum absolute atomic E-state index is 0.0975. The minimum atomic E-state index is -0.0975. The molecule has 5 heteroatoms. The number of hydrogen-bond acceptors (Lipinski definition) is 4. The van der Waals surface area contributed by atoms with Gasteiger partial charge in [0, 0.05) is 32.7 Å². The first kappa shape index (κ1) is 15.9. The fourth-order valence-corrected chi connectivity index (χ4v) is 2.31. The van der Waals surface area contributed by atoms with Gasteiger partial charge in [0.2, 0.25) is 0 Å². The summed E-state index contributed by atoms with van der Waals surface area (Å²) in [6, 6.07) is 11.7. The summed E-state index contributed by atoms with van der Waals surface area (Å²) in [7, 11) is 1.79. The van der Waals surface area contributed by atoms with Gasteiger partial charge >= 0.3 is 0 Å². The summed E-state index contributed by atoms with van der Waals surface area (Å²) in [5.41, 5.74) is 1.52. The lowest BCUT2D eigenvalue weighted by Crippen LogP contribution is -2.28. The molecular weight excluding hydrogens is 276 g/mol. The molecule has 0 aliphatic carbocycles. The normalized spacial score (nSPS) is 10.3. The second-order valence-electron chi connectivity index (χ2n) is 5.08. The van der Waals surface area contributed by atoms with Crippen molar-refractivity contribution in [2.45, 2.75) is 20.4 Å². The van der Waals surface area contributed by atoms with Gasteiger partial charge in [0.1, 0.15) is 17.8 Å². The Morgan fingerprint density at radius 3 is 2.41 bits per heavy atom. The lowest BCUT2D eigenvalue weighted by molar-refractivity contribution is 0.0779. The van der Waals surface area contributed by atoms with Crippen molar-refractivity contribution in [3.05, 3.63) is 54.0 Å². The first-order chi connectivity index (χ1) is 10.7. The predicted molar refractivity (Wildman–Crippen MR) is 87.8 cm³/mol. The van der Waals surface area contributed by atoms with Crippen molar-refractivity contribution in [2.24, 2.45) is 0 Å². The van der Waals surface area contributed by atoms with E-state index < -0.39 is 0 Å². The zero-order valence-electron chi connectivity index (χ0n) is 13.4. The highest BCUT2D eigenvalue weighted by molar-refractivity contribution is 5.92. The van der Waals surface area contributed by atoms with Gasteiger partial charge in [-0.05, 0) is 19.4 Å². The zero-order valence-corrected chi connectivity index (χ0v) is 13.4. The molecule has 0 radical (unpaired) electrons. The van der Waals surface area contributed by atoms with Crippen molar-refractivity contribution in [1.29, 1.82) is 0 Å². The Morgan fingerprint density at radius 1 is 1.09 bits per heavy atom. The molecule has 116 valence electrons. The molecule has 0 aliphatic rings. The number of aromatic nitrogens is 2. The Balaban J connectivity index is 2.13. The maximum absolute atomic E-state index is 12.5. The lowest BCUT2D eigenvalue weighted by Gasteiger charge is -2.21. The molecule has 0 fully saturated rings. The number of rotatable bonds is 6. The lowest BCUT2D eigenvalue weighted by atomic mass is 10.2. The average molecular weight is 298 g/mol. The van der Waals surface area contributed by atoms with Crippen molar-refractivity contribution >= 4 is 11.7 Å². The van der Waals surface area contributed by atoms with E-state index in [0.717, 1.165) is 24.5 Å². The predicted octanol–water partition coefficient (Wildman–Crippen LogP) is 2.60. The van der Waals surface area contributed by atoms with Crippen LogP contribution in [0.25, 0.3) is 0 Å². The molecule has 22 heavy (non-hydrogen) atoms. The van der Waals surface area contributed by atoms with Crippen LogP contribution in [0.4, 0.5) is 5.82 Å². The Bertz CT molecular complexity index is 611. The van der Waals surface area contributed by atoms with Gasteiger partial charge in [0.15, 0.2) is 0 Å². The van der Waals surface area contributed by atoms with Crippen molar-refractivity contribution in [3.63, 3.8) is 0 Å². The topological polar surface area (TPSA) is 49.3 Å². The van der Waals surface area contributed by atoms with Gasteiger partial charge in [-0.2, -0.15) is 0 Å². The Kier molecular flexibility index (Phi) is 5.47. The van der Waals surface area contributed by atoms with Crippen molar-refractivity contribution < 1.29 is 4.79 Å². The largest absolute Gasteiger partial charge is 0.357 e. The number of carbonyl (C=O) groups is 1. The fourth-order valence-electron chi connectivity index (χ4n) is 2.31. The standard InChI is InChI=1S/C17H22N4O/c1-4-21(5-2)16-11-15(18-13-19-16)17(22)20(3)12-14-9-7-6-8-10-14/h6-11,13H,4-5,12H2,1-3H3. The van der Waals surface area contributed by atoms with Crippen LogP contribution < -0.4 is 4.90 Å². The van der Waals surface area contributed by atoms with Crippen molar-refractivity contribution in [1.82, 2.24) is 14.9 Å². The molecule has 1 amide bonds. The molecule has 0 saturated heterocycles. The molecule has 0 bridgehead atoms. The van der Waals surface area contributed by atoms with E-state index >= 15 is 0 Å². The van der Waals surface area contributed by atoms with Gasteiger partial charge in [-0.25, -0.2) is 9.97 Å². The highest BCUT2D eigenvalue weighted by Crippen LogP contribution is 2.13. The third kappa shape index (κ3) is 3.81. The average Bonchev–Trinajstić information content (AvgIpc) is 2.56. The first-order valence-corrected chi connectivity index (χ1v) is 7.52. The van der Waals surface area contributed by atoms with E-state index in [0.29, 0.717) is 12.2 Å². The number of nitrogens with zero attached hydrogens (tertiary/aromatic N) is 4. The van der Waals surface area contributed by atoms with Gasteiger partial charge in [0.25, 0.3) is 5.91 Å². The molecule has 1 aromatic carbocycles. The molecule has 2 rings (SSSR count). The zero-order chi connectivity index (χ0) is 15.9. The van der Waals surface area contributed by atoms with Crippen LogP contribution in [0.2, 0.25) is 0 Å². The van der Waals surface area contributed by atoms with E-state index in [4.69, 9.17) is 0 Å². The van der Waals surface area contributed by atoms with Gasteiger partial charge < -0.3 is 9.80 Å². The summed E-state index contributed by atoms with van der Waals surface area (Å²) in [5.74, 6) is 0.691. The highest BCUT2D eigenvalue weighted by Gasteiger charge is 2.15. The molecule has 5 nitrogen and oxygen atoms in total. The highest BCUT2D eigenvalue weighted by atomic mass is 16.2. The molecule has 0 unspecified atom stereocenters. The van der Waals surface area contributed by atoms with Gasteiger partial charge in [-0.15, -0.1) is 0 Å². The van der Waals surface area contributed by atoms with E-state index in [1.807, 2.05) is 30.3 Å². The number of anilines is 1. The summed E-state index contributed by atoms with van der Waals surface area (Å²) in [6.07, 6.45) is 1.46. The molecule has 0 saturated carbocycles. The van der Waals surface area contributed by atoms with Crippen molar-refractivity contribution in [2.75, 3.05) is 25.0 Å². The number of benzene rings is 1. The van der Waals surface area contributed by atoms with Crippen LogP contribution in [0.15, 0.2) is 42.7 Å². The summed E-state index contributed by atoms with van der Waals surface area (Å²) >= 11 is 0. The van der Waals surface area contributed by atoms with Gasteiger partial charge in [-0.1, -0.05) is 30.3 Å². The SMILES string of the molecule is CCN(CC)c1cc(C(=O)N(C)Cc2ccccc2)ncn1. The van der Waals surface area contributed by atoms with E-state index in [9.17, 15) is 4.79 Å². The maximum atomic E-state index is 12.5. The number of hydrogen-bond donors (Lipinski definition) is 0. The Labute approximate surface area is 131 Å². The molecule has 0 aliphatic heterocycles. The smallest absolute Gasteiger partial charge is 0.272 e. The fraction of sp³-hybridized carbons (Fsp3) is 0.353. The Morgan fingerprint density at radius 2 is 1.77 bits per heavy atom. The van der Waals surface area contributed by atoms with E-state index in [1.54, 1.807) is 18.0 Å². The quantitative estimate of drug-likeness (QED) is 0.822. The minimum Gasteiger partial charge on any atom is -0.357 e. The molecular formula is C17H22N4O. The van der Waals surface area contributed by atoms with Crippen molar-refractivity contribution in [3.8, 4) is 0 Å². The summed E-state index contributed by atoms with van der Waals surface area (Å²) < 4.78 is 0. The van der Waals surface area contributed by atoms with Gasteiger partial charge in [-0.3, -0.25) is 4.79 Å². The van der Waals surface area contributed by atoms with Crippen LogP contribution in [0.5, 0.6) is 0 Å². The third-order valence-corrected chi connectivity index (χ3v) is 3.57. The molecule has 0 spiro atoms. The third-order valence-electron chi connectivity index (χ3n) is 3.57. The molecule has 1 heterocycles. The summed E-state index contributed by atoms with van der Waals surface area (Å²) in [5, 5.41) is 0. The Hall–Kier alpha value is -2.43. The molecule has 1 aromatic heterocycles. The van der Waals surface area contributed by atoms with Crippen LogP contribution in [0.3, 0.4) is 0 Å². The van der Waals surface area contributed by atoms with E-state index in [1.165, 1.54) is 6.33 Å². The van der Waals surface area contributed by atoms with Crippen LogP contribution in [0, 0.1) is 0 Å². The van der Waals surface area contributed by atoms with Gasteiger partial charge in [0.05, 0.1) is 0 Å². The molecule has 0 N–H and O–H groups in total. The summed E-state index contributed by atoms with van der Waals surface area (Å²) in [4.78, 5) is 24.7. The molecule has 2 aromatic rings. The van der Waals surface area contributed by atoms with E-state index in [2.05, 4.69) is 28.7 Å². The van der Waals surface area contributed by atoms with Crippen LogP contribution in [0.1, 0.15) is 29.9 Å². The second kappa shape index (κ2) is 7.54. The summed E-state index contributed by atoms with van der Waals surface area (Å²) in [6.45, 7) is 6.38. The number of amides is 1.